The van der Waals surface area contributed by atoms with Crippen molar-refractivity contribution in [1.29, 1.82) is 0 Å². The SMILES string of the molecule is C/C=C/C(N)=C\NC(CC)CC. The van der Waals surface area contributed by atoms with Crippen LogP contribution in [0.15, 0.2) is 24.0 Å². The molecule has 2 nitrogen and oxygen atoms in total. The maximum absolute atomic E-state index is 5.65. The lowest BCUT2D eigenvalue weighted by Crippen LogP contribution is -2.23. The highest BCUT2D eigenvalue weighted by molar-refractivity contribution is 5.13. The topological polar surface area (TPSA) is 38.0 Å². The quantitative estimate of drug-likeness (QED) is 0.617. The van der Waals surface area contributed by atoms with Gasteiger partial charge in [0.1, 0.15) is 0 Å². The standard InChI is InChI=1S/C10H20N2/c1-4-7-9(11)8-12-10(5-2)6-3/h4,7-8,10,12H,5-6,11H2,1-3H3/b7-4+,9-8+. The van der Waals surface area contributed by atoms with Crippen LogP contribution in [0.5, 0.6) is 0 Å². The molecule has 0 aliphatic rings. The maximum atomic E-state index is 5.65. The van der Waals surface area contributed by atoms with E-state index in [-0.39, 0.29) is 0 Å². The molecule has 70 valence electrons. The summed E-state index contributed by atoms with van der Waals surface area (Å²) in [5, 5.41) is 3.27. The molecule has 0 spiro atoms. The number of rotatable bonds is 5. The van der Waals surface area contributed by atoms with Crippen molar-refractivity contribution in [1.82, 2.24) is 5.32 Å². The predicted molar refractivity (Wildman–Crippen MR) is 54.6 cm³/mol. The molecule has 0 rings (SSSR count). The van der Waals surface area contributed by atoms with Gasteiger partial charge in [0.25, 0.3) is 0 Å². The highest BCUT2D eigenvalue weighted by atomic mass is 14.9. The van der Waals surface area contributed by atoms with Crippen molar-refractivity contribution in [3.8, 4) is 0 Å². The van der Waals surface area contributed by atoms with Crippen LogP contribution >= 0.6 is 0 Å². The van der Waals surface area contributed by atoms with Gasteiger partial charge in [-0.05, 0) is 25.8 Å². The molecule has 0 bridgehead atoms. The van der Waals surface area contributed by atoms with E-state index in [9.17, 15) is 0 Å². The Morgan fingerprint density at radius 1 is 1.42 bits per heavy atom. The van der Waals surface area contributed by atoms with Gasteiger partial charge in [0, 0.05) is 17.9 Å². The highest BCUT2D eigenvalue weighted by Crippen LogP contribution is 1.96. The summed E-state index contributed by atoms with van der Waals surface area (Å²) >= 11 is 0. The second kappa shape index (κ2) is 6.77. The van der Waals surface area contributed by atoms with E-state index in [4.69, 9.17) is 5.73 Å². The molecule has 0 aliphatic heterocycles. The van der Waals surface area contributed by atoms with Gasteiger partial charge < -0.3 is 11.1 Å². The highest BCUT2D eigenvalue weighted by Gasteiger charge is 1.97. The molecule has 3 N–H and O–H groups in total. The molecule has 0 aromatic heterocycles. The normalized spacial score (nSPS) is 12.8. The summed E-state index contributed by atoms with van der Waals surface area (Å²) in [6.45, 7) is 6.29. The van der Waals surface area contributed by atoms with E-state index >= 15 is 0 Å². The molecule has 0 aromatic carbocycles. The molecular weight excluding hydrogens is 148 g/mol. The first-order valence-corrected chi connectivity index (χ1v) is 4.58. The summed E-state index contributed by atoms with van der Waals surface area (Å²) in [6, 6.07) is 0.550. The van der Waals surface area contributed by atoms with Gasteiger partial charge in [0.05, 0.1) is 0 Å². The second-order valence-electron chi connectivity index (χ2n) is 2.82. The van der Waals surface area contributed by atoms with Gasteiger partial charge in [-0.15, -0.1) is 0 Å². The number of nitrogens with one attached hydrogen (secondary N) is 1. The van der Waals surface area contributed by atoms with Gasteiger partial charge >= 0.3 is 0 Å². The summed E-state index contributed by atoms with van der Waals surface area (Å²) < 4.78 is 0. The third kappa shape index (κ3) is 4.83. The van der Waals surface area contributed by atoms with Gasteiger partial charge in [0.15, 0.2) is 0 Å². The Morgan fingerprint density at radius 2 is 2.00 bits per heavy atom. The smallest absolute Gasteiger partial charge is 0.0470 e. The molecule has 0 fully saturated rings. The van der Waals surface area contributed by atoms with Crippen molar-refractivity contribution in [2.24, 2.45) is 5.73 Å². The van der Waals surface area contributed by atoms with Gasteiger partial charge in [-0.2, -0.15) is 0 Å². The molecule has 0 unspecified atom stereocenters. The summed E-state index contributed by atoms with van der Waals surface area (Å²) in [4.78, 5) is 0. The summed E-state index contributed by atoms with van der Waals surface area (Å²) in [5.41, 5.74) is 6.44. The Morgan fingerprint density at radius 3 is 2.42 bits per heavy atom. The first-order chi connectivity index (χ1) is 5.74. The minimum Gasteiger partial charge on any atom is -0.398 e. The average Bonchev–Trinajstić information content (AvgIpc) is 2.07. The van der Waals surface area contributed by atoms with Crippen molar-refractivity contribution in [2.75, 3.05) is 0 Å². The summed E-state index contributed by atoms with van der Waals surface area (Å²) in [6.07, 6.45) is 7.96. The molecule has 0 saturated carbocycles. The van der Waals surface area contributed by atoms with Crippen LogP contribution in [0.1, 0.15) is 33.6 Å². The largest absolute Gasteiger partial charge is 0.398 e. The fraction of sp³-hybridized carbons (Fsp3) is 0.600. The Balaban J connectivity index is 3.84. The lowest BCUT2D eigenvalue weighted by atomic mass is 10.2. The third-order valence-electron chi connectivity index (χ3n) is 1.83. The molecule has 0 radical (unpaired) electrons. The minimum absolute atomic E-state index is 0.550. The number of hydrogen-bond acceptors (Lipinski definition) is 2. The van der Waals surface area contributed by atoms with Crippen LogP contribution < -0.4 is 11.1 Å². The second-order valence-corrected chi connectivity index (χ2v) is 2.82. The van der Waals surface area contributed by atoms with Crippen LogP contribution in [0.4, 0.5) is 0 Å². The zero-order chi connectivity index (χ0) is 9.40. The molecule has 0 heterocycles. The zero-order valence-corrected chi connectivity index (χ0v) is 8.30. The molecule has 2 heteroatoms. The maximum Gasteiger partial charge on any atom is 0.0470 e. The predicted octanol–water partition coefficient (Wildman–Crippen LogP) is 2.14. The first-order valence-electron chi connectivity index (χ1n) is 4.58. The Bertz CT molecular complexity index is 155. The van der Waals surface area contributed by atoms with E-state index in [1.807, 2.05) is 25.3 Å². The third-order valence-corrected chi connectivity index (χ3v) is 1.83. The lowest BCUT2D eigenvalue weighted by Gasteiger charge is -2.12. The Hall–Kier alpha value is -0.920. The summed E-state index contributed by atoms with van der Waals surface area (Å²) in [7, 11) is 0. The fourth-order valence-electron chi connectivity index (χ4n) is 0.979. The van der Waals surface area contributed by atoms with E-state index in [1.165, 1.54) is 0 Å². The van der Waals surface area contributed by atoms with Crippen LogP contribution in [-0.4, -0.2) is 6.04 Å². The van der Waals surface area contributed by atoms with Crippen molar-refractivity contribution in [3.05, 3.63) is 24.0 Å². The molecule has 0 saturated heterocycles. The first kappa shape index (κ1) is 11.1. The van der Waals surface area contributed by atoms with Crippen LogP contribution in [0, 0.1) is 0 Å². The van der Waals surface area contributed by atoms with Crippen LogP contribution in [0.2, 0.25) is 0 Å². The molecule has 12 heavy (non-hydrogen) atoms. The average molecular weight is 168 g/mol. The van der Waals surface area contributed by atoms with E-state index in [1.54, 1.807) is 0 Å². The number of allylic oxidation sites excluding steroid dienone is 2. The summed E-state index contributed by atoms with van der Waals surface area (Å²) in [5.74, 6) is 0. The Labute approximate surface area is 75.5 Å². The molecular formula is C10H20N2. The van der Waals surface area contributed by atoms with E-state index < -0.39 is 0 Å². The van der Waals surface area contributed by atoms with Crippen LogP contribution in [0.25, 0.3) is 0 Å². The zero-order valence-electron chi connectivity index (χ0n) is 8.30. The molecule has 0 aliphatic carbocycles. The van der Waals surface area contributed by atoms with Crippen molar-refractivity contribution in [2.45, 2.75) is 39.7 Å². The van der Waals surface area contributed by atoms with Crippen LogP contribution in [-0.2, 0) is 0 Å². The fourth-order valence-corrected chi connectivity index (χ4v) is 0.979. The van der Waals surface area contributed by atoms with Crippen LogP contribution in [0.3, 0.4) is 0 Å². The van der Waals surface area contributed by atoms with Crippen molar-refractivity contribution < 1.29 is 0 Å². The van der Waals surface area contributed by atoms with E-state index in [2.05, 4.69) is 19.2 Å². The minimum atomic E-state index is 0.550. The number of nitrogens with two attached hydrogens (primary N) is 1. The number of hydrogen-bond donors (Lipinski definition) is 2. The van der Waals surface area contributed by atoms with Gasteiger partial charge in [-0.25, -0.2) is 0 Å². The molecule has 0 amide bonds. The van der Waals surface area contributed by atoms with Crippen molar-refractivity contribution in [3.63, 3.8) is 0 Å². The van der Waals surface area contributed by atoms with Gasteiger partial charge in [0.2, 0.25) is 0 Å². The van der Waals surface area contributed by atoms with Crippen molar-refractivity contribution >= 4 is 0 Å². The molecule has 0 atom stereocenters. The van der Waals surface area contributed by atoms with Gasteiger partial charge in [-0.1, -0.05) is 19.9 Å². The lowest BCUT2D eigenvalue weighted by molar-refractivity contribution is 0.550. The Kier molecular flexibility index (Phi) is 6.25. The van der Waals surface area contributed by atoms with Gasteiger partial charge in [-0.3, -0.25) is 0 Å². The van der Waals surface area contributed by atoms with E-state index in [0.29, 0.717) is 6.04 Å². The molecule has 0 aromatic rings. The van der Waals surface area contributed by atoms with E-state index in [0.717, 1.165) is 18.5 Å². The monoisotopic (exact) mass is 168 g/mol.